The molecule has 21 heavy (non-hydrogen) atoms. The van der Waals surface area contributed by atoms with Gasteiger partial charge in [-0.2, -0.15) is 5.26 Å². The molecule has 5 nitrogen and oxygen atoms in total. The minimum atomic E-state index is 0.299. The molecule has 2 heterocycles. The topological polar surface area (TPSA) is 66.8 Å². The molecule has 3 rings (SSSR count). The lowest BCUT2D eigenvalue weighted by atomic mass is 10.2. The Hall–Kier alpha value is -2.71. The van der Waals surface area contributed by atoms with Gasteiger partial charge >= 0.3 is 0 Å². The van der Waals surface area contributed by atoms with Gasteiger partial charge in [0, 0.05) is 12.4 Å². The van der Waals surface area contributed by atoms with Crippen molar-refractivity contribution in [3.8, 4) is 11.8 Å². The molecule has 0 aliphatic carbocycles. The van der Waals surface area contributed by atoms with Crippen molar-refractivity contribution in [2.24, 2.45) is 0 Å². The second kappa shape index (κ2) is 5.73. The van der Waals surface area contributed by atoms with Crippen LogP contribution in [0, 0.1) is 11.3 Å². The second-order valence-corrected chi connectivity index (χ2v) is 4.74. The molecule has 1 N–H and O–H groups in total. The zero-order chi connectivity index (χ0) is 14.7. The van der Waals surface area contributed by atoms with Crippen molar-refractivity contribution in [2.45, 2.75) is 6.54 Å². The summed E-state index contributed by atoms with van der Waals surface area (Å²) >= 11 is 6.27. The lowest BCUT2D eigenvalue weighted by Gasteiger charge is -2.13. The summed E-state index contributed by atoms with van der Waals surface area (Å²) in [4.78, 5) is 4.04. The van der Waals surface area contributed by atoms with Crippen LogP contribution >= 0.6 is 11.6 Å². The van der Waals surface area contributed by atoms with Crippen LogP contribution in [0.15, 0.2) is 53.5 Å². The molecule has 0 radical (unpaired) electrons. The summed E-state index contributed by atoms with van der Waals surface area (Å²) in [5, 5.41) is 12.6. The number of imidazole rings is 1. The van der Waals surface area contributed by atoms with E-state index in [2.05, 4.69) is 10.3 Å². The van der Waals surface area contributed by atoms with E-state index in [0.29, 0.717) is 23.1 Å². The van der Waals surface area contributed by atoms with Crippen LogP contribution in [0.1, 0.15) is 11.5 Å². The van der Waals surface area contributed by atoms with Gasteiger partial charge in [-0.1, -0.05) is 17.7 Å². The van der Waals surface area contributed by atoms with Crippen LogP contribution in [0.5, 0.6) is 0 Å². The minimum absolute atomic E-state index is 0.299. The molecule has 0 amide bonds. The third kappa shape index (κ3) is 2.76. The molecule has 2 aromatic heterocycles. The van der Waals surface area contributed by atoms with Crippen LogP contribution in [0.4, 0.5) is 5.69 Å². The number of rotatable bonds is 4. The van der Waals surface area contributed by atoms with Crippen LogP contribution in [0.3, 0.4) is 0 Å². The molecular weight excluding hydrogens is 288 g/mol. The molecule has 3 aromatic rings. The molecule has 0 aliphatic rings. The van der Waals surface area contributed by atoms with Crippen molar-refractivity contribution < 1.29 is 4.42 Å². The number of aromatic nitrogens is 2. The Balaban J connectivity index is 1.86. The molecule has 0 aliphatic heterocycles. The van der Waals surface area contributed by atoms with Gasteiger partial charge in [-0.25, -0.2) is 4.98 Å². The van der Waals surface area contributed by atoms with Gasteiger partial charge in [0.15, 0.2) is 0 Å². The lowest BCUT2D eigenvalue weighted by molar-refractivity contribution is 0.506. The molecule has 104 valence electrons. The smallest absolute Gasteiger partial charge is 0.203 e. The molecule has 0 spiro atoms. The third-order valence-electron chi connectivity index (χ3n) is 2.97. The summed E-state index contributed by atoms with van der Waals surface area (Å²) in [7, 11) is 0. The molecule has 0 bridgehead atoms. The molecule has 0 saturated carbocycles. The maximum absolute atomic E-state index is 8.75. The Bertz CT molecular complexity index is 786. The maximum Gasteiger partial charge on any atom is 0.203 e. The molecular formula is C15H11ClN4O. The van der Waals surface area contributed by atoms with Crippen LogP contribution in [0.25, 0.3) is 5.69 Å². The zero-order valence-electron chi connectivity index (χ0n) is 11.0. The Morgan fingerprint density at radius 1 is 1.33 bits per heavy atom. The van der Waals surface area contributed by atoms with Gasteiger partial charge in [-0.3, -0.25) is 0 Å². The van der Waals surface area contributed by atoms with E-state index in [9.17, 15) is 0 Å². The third-order valence-corrected chi connectivity index (χ3v) is 3.28. The fourth-order valence-electron chi connectivity index (χ4n) is 2.03. The van der Waals surface area contributed by atoms with E-state index in [1.54, 1.807) is 24.7 Å². The van der Waals surface area contributed by atoms with Crippen molar-refractivity contribution >= 4 is 17.3 Å². The summed E-state index contributed by atoms with van der Waals surface area (Å²) in [5.41, 5.74) is 1.68. The number of para-hydroxylation sites is 1. The van der Waals surface area contributed by atoms with Crippen LogP contribution in [-0.4, -0.2) is 9.55 Å². The van der Waals surface area contributed by atoms with Crippen LogP contribution in [0.2, 0.25) is 5.02 Å². The number of nitriles is 1. The quantitative estimate of drug-likeness (QED) is 0.799. The van der Waals surface area contributed by atoms with E-state index >= 15 is 0 Å². The van der Waals surface area contributed by atoms with E-state index in [1.165, 1.54) is 0 Å². The van der Waals surface area contributed by atoms with Crippen molar-refractivity contribution in [3.63, 3.8) is 0 Å². The van der Waals surface area contributed by atoms with E-state index in [0.717, 1.165) is 11.4 Å². The van der Waals surface area contributed by atoms with Gasteiger partial charge in [-0.15, -0.1) is 0 Å². The summed E-state index contributed by atoms with van der Waals surface area (Å²) < 4.78 is 7.18. The van der Waals surface area contributed by atoms with Crippen molar-refractivity contribution in [1.82, 2.24) is 9.55 Å². The lowest BCUT2D eigenvalue weighted by Crippen LogP contribution is -2.03. The second-order valence-electron chi connectivity index (χ2n) is 4.34. The first-order chi connectivity index (χ1) is 10.3. The highest BCUT2D eigenvalue weighted by atomic mass is 35.5. The highest BCUT2D eigenvalue weighted by Crippen LogP contribution is 2.28. The standard InChI is InChI=1S/C15H11ClN4O/c16-13-2-1-3-14(15(13)20-7-6-18-10-20)19-9-12-5-4-11(8-17)21-12/h1-7,10,19H,9H2. The Kier molecular flexibility index (Phi) is 3.63. The first-order valence-electron chi connectivity index (χ1n) is 6.27. The van der Waals surface area contributed by atoms with Gasteiger partial charge < -0.3 is 14.3 Å². The first-order valence-corrected chi connectivity index (χ1v) is 6.65. The Morgan fingerprint density at radius 2 is 2.24 bits per heavy atom. The normalized spacial score (nSPS) is 10.3. The van der Waals surface area contributed by atoms with Gasteiger partial charge in [0.05, 0.1) is 29.3 Å². The highest BCUT2D eigenvalue weighted by molar-refractivity contribution is 6.33. The number of hydrogen-bond donors (Lipinski definition) is 1. The fourth-order valence-corrected chi connectivity index (χ4v) is 2.30. The summed E-state index contributed by atoms with van der Waals surface area (Å²) in [6.07, 6.45) is 5.21. The number of halogens is 1. The summed E-state index contributed by atoms with van der Waals surface area (Å²) in [6.45, 7) is 0.462. The largest absolute Gasteiger partial charge is 0.449 e. The van der Waals surface area contributed by atoms with E-state index in [-0.39, 0.29) is 0 Å². The molecule has 0 saturated heterocycles. The monoisotopic (exact) mass is 298 g/mol. The number of nitrogens with zero attached hydrogens (tertiary/aromatic N) is 3. The van der Waals surface area contributed by atoms with Gasteiger partial charge in [0.25, 0.3) is 0 Å². The van der Waals surface area contributed by atoms with Crippen LogP contribution in [-0.2, 0) is 6.54 Å². The Labute approximate surface area is 126 Å². The van der Waals surface area contributed by atoms with Gasteiger partial charge in [0.2, 0.25) is 5.76 Å². The fraction of sp³-hybridized carbons (Fsp3) is 0.0667. The van der Waals surface area contributed by atoms with Crippen LogP contribution < -0.4 is 5.32 Å². The number of anilines is 1. The number of benzene rings is 1. The first kappa shape index (κ1) is 13.3. The molecule has 0 fully saturated rings. The number of furan rings is 1. The maximum atomic E-state index is 8.75. The van der Waals surface area contributed by atoms with Gasteiger partial charge in [-0.05, 0) is 24.3 Å². The molecule has 0 unspecified atom stereocenters. The number of nitrogens with one attached hydrogen (secondary N) is 1. The Morgan fingerprint density at radius 3 is 2.95 bits per heavy atom. The average molecular weight is 299 g/mol. The zero-order valence-corrected chi connectivity index (χ0v) is 11.7. The van der Waals surface area contributed by atoms with Gasteiger partial charge in [0.1, 0.15) is 11.8 Å². The van der Waals surface area contributed by atoms with Crippen molar-refractivity contribution in [2.75, 3.05) is 5.32 Å². The minimum Gasteiger partial charge on any atom is -0.449 e. The average Bonchev–Trinajstić information content (AvgIpc) is 3.16. The highest BCUT2D eigenvalue weighted by Gasteiger charge is 2.09. The SMILES string of the molecule is N#Cc1ccc(CNc2cccc(Cl)c2-n2ccnc2)o1. The van der Waals surface area contributed by atoms with E-state index < -0.39 is 0 Å². The van der Waals surface area contributed by atoms with Crippen molar-refractivity contribution in [1.29, 1.82) is 5.26 Å². The summed E-state index contributed by atoms with van der Waals surface area (Å²) in [5.74, 6) is 0.982. The van der Waals surface area contributed by atoms with Crippen molar-refractivity contribution in [3.05, 3.63) is 65.6 Å². The molecule has 1 aromatic carbocycles. The predicted octanol–water partition coefficient (Wildman–Crippen LogP) is 3.60. The van der Waals surface area contributed by atoms with E-state index in [4.69, 9.17) is 21.3 Å². The predicted molar refractivity (Wildman–Crippen MR) is 79.3 cm³/mol. The summed E-state index contributed by atoms with van der Waals surface area (Å²) in [6, 6.07) is 11.0. The molecule has 0 atom stereocenters. The van der Waals surface area contributed by atoms with E-state index in [1.807, 2.05) is 35.0 Å². The molecule has 6 heteroatoms. The number of hydrogen-bond acceptors (Lipinski definition) is 4.